The molecule has 0 fully saturated rings. The highest BCUT2D eigenvalue weighted by Gasteiger charge is 2.38. The lowest BCUT2D eigenvalue weighted by Crippen LogP contribution is -2.53. The molecule has 1 heterocycles. The van der Waals surface area contributed by atoms with Crippen LogP contribution in [0.2, 0.25) is 0 Å². The third-order valence-corrected chi connectivity index (χ3v) is 3.12. The number of carbonyl (C=O) groups excluding carboxylic acids is 1. The molecule has 0 bridgehead atoms. The van der Waals surface area contributed by atoms with Gasteiger partial charge in [-0.2, -0.15) is 0 Å². The minimum Gasteiger partial charge on any atom is -0.534 e. The molecule has 1 aliphatic heterocycles. The van der Waals surface area contributed by atoms with Crippen LogP contribution in [0.3, 0.4) is 0 Å². The molecular formula is C12H14BNO6. The highest BCUT2D eigenvalue weighted by atomic mass is 16.5. The second kappa shape index (κ2) is 5.42. The van der Waals surface area contributed by atoms with Gasteiger partial charge < -0.3 is 25.2 Å². The third-order valence-electron chi connectivity index (χ3n) is 3.12. The van der Waals surface area contributed by atoms with Gasteiger partial charge in [0, 0.05) is 6.42 Å². The molecule has 8 heteroatoms. The lowest BCUT2D eigenvalue weighted by molar-refractivity contribution is -0.121. The van der Waals surface area contributed by atoms with Crippen LogP contribution in [0.1, 0.15) is 29.3 Å². The van der Waals surface area contributed by atoms with E-state index in [-0.39, 0.29) is 30.1 Å². The van der Waals surface area contributed by atoms with Crippen molar-refractivity contribution in [2.75, 3.05) is 0 Å². The molecule has 7 nitrogen and oxygen atoms in total. The van der Waals surface area contributed by atoms with E-state index in [0.717, 1.165) is 0 Å². The van der Waals surface area contributed by atoms with Gasteiger partial charge in [0.15, 0.2) is 0 Å². The molecule has 0 unspecified atom stereocenters. The van der Waals surface area contributed by atoms with Gasteiger partial charge in [-0.3, -0.25) is 4.79 Å². The number of hydrogen-bond donors (Lipinski definition) is 4. The molecule has 0 aromatic heterocycles. The first-order valence-electron chi connectivity index (χ1n) is 6.16. The Bertz CT molecular complexity index is 561. The summed E-state index contributed by atoms with van der Waals surface area (Å²) in [6.07, 6.45) is 0.495. The van der Waals surface area contributed by atoms with Gasteiger partial charge in [0.1, 0.15) is 17.1 Å². The van der Waals surface area contributed by atoms with Gasteiger partial charge in [-0.1, -0.05) is 13.0 Å². The Morgan fingerprint density at radius 1 is 1.50 bits per heavy atom. The van der Waals surface area contributed by atoms with Crippen LogP contribution in [-0.4, -0.2) is 40.2 Å². The van der Waals surface area contributed by atoms with Crippen LogP contribution >= 0.6 is 0 Å². The van der Waals surface area contributed by atoms with Crippen LogP contribution in [0.15, 0.2) is 12.1 Å². The number of carboxylic acid groups (broad SMARTS) is 1. The Morgan fingerprint density at radius 2 is 2.20 bits per heavy atom. The molecule has 1 amide bonds. The molecule has 0 spiro atoms. The summed E-state index contributed by atoms with van der Waals surface area (Å²) in [5, 5.41) is 31.1. The molecular weight excluding hydrogens is 265 g/mol. The lowest BCUT2D eigenvalue weighted by atomic mass is 9.72. The van der Waals surface area contributed by atoms with Crippen molar-refractivity contribution in [3.8, 4) is 11.5 Å². The van der Waals surface area contributed by atoms with Crippen molar-refractivity contribution in [1.29, 1.82) is 0 Å². The van der Waals surface area contributed by atoms with Crippen LogP contribution in [0.25, 0.3) is 0 Å². The first-order valence-corrected chi connectivity index (χ1v) is 6.16. The minimum absolute atomic E-state index is 0.0630. The third kappa shape index (κ3) is 2.55. The summed E-state index contributed by atoms with van der Waals surface area (Å²) in [7, 11) is -1.36. The summed E-state index contributed by atoms with van der Waals surface area (Å²) in [6.45, 7) is 1.68. The number of aromatic carboxylic acids is 1. The fourth-order valence-electron chi connectivity index (χ4n) is 2.09. The Kier molecular flexibility index (Phi) is 3.85. The molecule has 4 N–H and O–H groups in total. The summed E-state index contributed by atoms with van der Waals surface area (Å²) in [6, 6.07) is 2.76. The van der Waals surface area contributed by atoms with Crippen LogP contribution in [-0.2, 0) is 11.2 Å². The number of fused-ring (bicyclic) bond motifs is 1. The minimum atomic E-state index is -1.36. The summed E-state index contributed by atoms with van der Waals surface area (Å²) < 4.78 is 5.16. The fourth-order valence-corrected chi connectivity index (χ4v) is 2.09. The number of aromatic hydroxyl groups is 1. The van der Waals surface area contributed by atoms with Crippen molar-refractivity contribution >= 4 is 19.0 Å². The number of rotatable bonds is 3. The Labute approximate surface area is 115 Å². The normalized spacial score (nSPS) is 17.1. The predicted molar refractivity (Wildman–Crippen MR) is 69.6 cm³/mol. The zero-order valence-electron chi connectivity index (χ0n) is 10.8. The van der Waals surface area contributed by atoms with Crippen LogP contribution < -0.4 is 9.97 Å². The van der Waals surface area contributed by atoms with Gasteiger partial charge in [-0.05, 0) is 18.1 Å². The maximum atomic E-state index is 11.4. The lowest BCUT2D eigenvalue weighted by Gasteiger charge is -2.29. The molecule has 1 aliphatic rings. The van der Waals surface area contributed by atoms with E-state index in [1.54, 1.807) is 6.92 Å². The maximum absolute atomic E-state index is 11.4. The number of carboxylic acids is 1. The standard InChI is InChI=1S/C12H14BNO6/c1-2-9(16)14-8-5-6-3-4-7(15)10(12(17)18)11(6)20-13(8)19/h3-4,8,15,19H,2,5H2,1H3,(H,14,16)(H,17,18)/t8-/m0/s1. The number of nitrogens with one attached hydrogen (secondary N) is 1. The zero-order valence-corrected chi connectivity index (χ0v) is 10.8. The molecule has 0 saturated carbocycles. The van der Waals surface area contributed by atoms with Crippen molar-refractivity contribution in [2.45, 2.75) is 25.7 Å². The summed E-state index contributed by atoms with van der Waals surface area (Å²) in [4.78, 5) is 22.5. The number of benzene rings is 1. The molecule has 0 radical (unpaired) electrons. The number of hydrogen-bond acceptors (Lipinski definition) is 5. The van der Waals surface area contributed by atoms with Gasteiger partial charge in [0.25, 0.3) is 0 Å². The molecule has 2 rings (SSSR count). The molecule has 1 aromatic rings. The molecule has 1 atom stereocenters. The summed E-state index contributed by atoms with van der Waals surface area (Å²) in [5.41, 5.74) is 0.119. The van der Waals surface area contributed by atoms with E-state index in [2.05, 4.69) is 5.32 Å². The average molecular weight is 279 g/mol. The largest absolute Gasteiger partial charge is 0.547 e. The van der Waals surface area contributed by atoms with E-state index in [1.165, 1.54) is 12.1 Å². The molecule has 106 valence electrons. The van der Waals surface area contributed by atoms with E-state index >= 15 is 0 Å². The molecule has 20 heavy (non-hydrogen) atoms. The first kappa shape index (κ1) is 14.2. The van der Waals surface area contributed by atoms with Gasteiger partial charge in [-0.25, -0.2) is 4.79 Å². The van der Waals surface area contributed by atoms with Gasteiger partial charge >= 0.3 is 13.1 Å². The maximum Gasteiger partial charge on any atom is 0.547 e. The number of amides is 1. The van der Waals surface area contributed by atoms with Crippen LogP contribution in [0, 0.1) is 0 Å². The summed E-state index contributed by atoms with van der Waals surface area (Å²) >= 11 is 0. The van der Waals surface area contributed by atoms with Crippen molar-refractivity contribution < 1.29 is 29.5 Å². The Morgan fingerprint density at radius 3 is 2.80 bits per heavy atom. The second-order valence-electron chi connectivity index (χ2n) is 4.49. The highest BCUT2D eigenvalue weighted by molar-refractivity contribution is 6.47. The monoisotopic (exact) mass is 279 g/mol. The highest BCUT2D eigenvalue weighted by Crippen LogP contribution is 2.35. The van der Waals surface area contributed by atoms with Gasteiger partial charge in [-0.15, -0.1) is 0 Å². The Hall–Kier alpha value is -2.22. The quantitative estimate of drug-likeness (QED) is 0.576. The van der Waals surface area contributed by atoms with Crippen molar-refractivity contribution in [2.24, 2.45) is 0 Å². The van der Waals surface area contributed by atoms with Crippen molar-refractivity contribution in [3.63, 3.8) is 0 Å². The summed E-state index contributed by atoms with van der Waals surface area (Å²) in [5.74, 6) is -2.73. The molecule has 0 aliphatic carbocycles. The van der Waals surface area contributed by atoms with E-state index in [0.29, 0.717) is 5.56 Å². The second-order valence-corrected chi connectivity index (χ2v) is 4.49. The van der Waals surface area contributed by atoms with E-state index in [4.69, 9.17) is 9.76 Å². The predicted octanol–water partition coefficient (Wildman–Crippen LogP) is -0.0602. The zero-order chi connectivity index (χ0) is 14.9. The topological polar surface area (TPSA) is 116 Å². The Balaban J connectivity index is 2.34. The first-order chi connectivity index (χ1) is 9.43. The molecule has 0 saturated heterocycles. The average Bonchev–Trinajstić information content (AvgIpc) is 2.39. The van der Waals surface area contributed by atoms with Crippen molar-refractivity contribution in [1.82, 2.24) is 5.32 Å². The van der Waals surface area contributed by atoms with Crippen molar-refractivity contribution in [3.05, 3.63) is 23.3 Å². The van der Waals surface area contributed by atoms with E-state index in [1.807, 2.05) is 0 Å². The molecule has 1 aromatic carbocycles. The van der Waals surface area contributed by atoms with Gasteiger partial charge in [0.05, 0.1) is 5.94 Å². The fraction of sp³-hybridized carbons (Fsp3) is 0.333. The van der Waals surface area contributed by atoms with E-state index < -0.39 is 24.8 Å². The van der Waals surface area contributed by atoms with Gasteiger partial charge in [0.2, 0.25) is 5.91 Å². The number of carbonyl (C=O) groups is 2. The van der Waals surface area contributed by atoms with Crippen LogP contribution in [0.5, 0.6) is 11.5 Å². The van der Waals surface area contributed by atoms with Crippen LogP contribution in [0.4, 0.5) is 0 Å². The number of phenols is 1. The smallest absolute Gasteiger partial charge is 0.534 e. The van der Waals surface area contributed by atoms with E-state index in [9.17, 15) is 19.7 Å². The SMILES string of the molecule is CCC(=O)N[C@H]1Cc2ccc(O)c(C(=O)O)c2OB1O.